The summed E-state index contributed by atoms with van der Waals surface area (Å²) in [7, 11) is 3.89. The second-order valence-corrected chi connectivity index (χ2v) is 6.39. The number of carbonyl (C=O) groups excluding carboxylic acids is 1. The highest BCUT2D eigenvalue weighted by atomic mass is 19.2. The third-order valence-corrected chi connectivity index (χ3v) is 4.64. The maximum absolute atomic E-state index is 14.9. The number of anilines is 1. The maximum Gasteiger partial charge on any atom is 0.737 e. The van der Waals surface area contributed by atoms with Crippen molar-refractivity contribution < 1.29 is 17.9 Å². The Labute approximate surface area is 144 Å². The molecular weight excluding hydrogens is 323 g/mol. The molecule has 4 rings (SSSR count). The molecule has 0 aliphatic carbocycles. The lowest BCUT2D eigenvalue weighted by Crippen LogP contribution is -2.49. The fourth-order valence-electron chi connectivity index (χ4n) is 3.39. The number of allylic oxidation sites excluding steroid dienone is 2. The van der Waals surface area contributed by atoms with Crippen molar-refractivity contribution in [1.29, 1.82) is 0 Å². The highest BCUT2D eigenvalue weighted by molar-refractivity contribution is 6.57. The first-order valence-electron chi connectivity index (χ1n) is 7.95. The SMILES string of the molecule is CN(C)c1ccc(C2=C3C=CC=[N+]3[B-](F)(F)n3cc(C=O)cc32)cc1. The number of benzene rings is 1. The quantitative estimate of drug-likeness (QED) is 0.635. The molecule has 3 heterocycles. The molecule has 1 aromatic heterocycles. The molecule has 2 aliphatic heterocycles. The van der Waals surface area contributed by atoms with Crippen LogP contribution in [0, 0.1) is 0 Å². The number of nitrogens with zero attached hydrogens (tertiary/aromatic N) is 3. The van der Waals surface area contributed by atoms with Crippen molar-refractivity contribution in [2.45, 2.75) is 0 Å². The van der Waals surface area contributed by atoms with Crippen molar-refractivity contribution in [1.82, 2.24) is 4.48 Å². The third kappa shape index (κ3) is 2.19. The minimum Gasteiger partial charge on any atom is -0.395 e. The zero-order valence-electron chi connectivity index (χ0n) is 13.9. The van der Waals surface area contributed by atoms with Gasteiger partial charge < -0.3 is 22.5 Å². The van der Waals surface area contributed by atoms with Crippen LogP contribution in [-0.2, 0) is 0 Å². The number of halogens is 2. The van der Waals surface area contributed by atoms with Gasteiger partial charge in [0.25, 0.3) is 0 Å². The van der Waals surface area contributed by atoms with Crippen LogP contribution in [0.3, 0.4) is 0 Å². The van der Waals surface area contributed by atoms with Gasteiger partial charge in [0.15, 0.2) is 12.0 Å². The summed E-state index contributed by atoms with van der Waals surface area (Å²) in [6.07, 6.45) is 6.50. The molecule has 2 aromatic rings. The van der Waals surface area contributed by atoms with Gasteiger partial charge in [0, 0.05) is 43.2 Å². The molecule has 0 radical (unpaired) electrons. The van der Waals surface area contributed by atoms with E-state index in [4.69, 9.17) is 0 Å². The van der Waals surface area contributed by atoms with E-state index in [0.29, 0.717) is 23.3 Å². The molecule has 1 aromatic carbocycles. The summed E-state index contributed by atoms with van der Waals surface area (Å²) in [5.41, 5.74) is 3.59. The molecule has 0 atom stereocenters. The highest BCUT2D eigenvalue weighted by Crippen LogP contribution is 2.39. The van der Waals surface area contributed by atoms with Gasteiger partial charge in [-0.25, -0.2) is 0 Å². The van der Waals surface area contributed by atoms with Crippen molar-refractivity contribution in [3.8, 4) is 0 Å². The summed E-state index contributed by atoms with van der Waals surface area (Å²) in [6.45, 7) is -4.01. The molecule has 0 saturated carbocycles. The molecule has 4 nitrogen and oxygen atoms in total. The van der Waals surface area contributed by atoms with Crippen LogP contribution in [0.1, 0.15) is 21.6 Å². The maximum atomic E-state index is 14.9. The highest BCUT2D eigenvalue weighted by Gasteiger charge is 2.51. The smallest absolute Gasteiger partial charge is 0.395 e. The molecule has 0 bridgehead atoms. The number of hydrogen-bond donors (Lipinski definition) is 0. The van der Waals surface area contributed by atoms with Gasteiger partial charge in [0.2, 0.25) is 0 Å². The molecule has 0 fully saturated rings. The van der Waals surface area contributed by atoms with Crippen LogP contribution in [-0.4, -0.2) is 42.5 Å². The van der Waals surface area contributed by atoms with E-state index in [1.807, 2.05) is 43.3 Å². The van der Waals surface area contributed by atoms with E-state index in [1.54, 1.807) is 12.2 Å². The summed E-state index contributed by atoms with van der Waals surface area (Å²) >= 11 is 0. The van der Waals surface area contributed by atoms with Crippen LogP contribution in [0.2, 0.25) is 0 Å². The summed E-state index contributed by atoms with van der Waals surface area (Å²) in [5.74, 6) is 0. The monoisotopic (exact) mass is 339 g/mol. The van der Waals surface area contributed by atoms with Crippen molar-refractivity contribution in [3.63, 3.8) is 0 Å². The lowest BCUT2D eigenvalue weighted by atomic mass is 9.86. The van der Waals surface area contributed by atoms with Crippen LogP contribution < -0.4 is 4.90 Å². The molecule has 0 amide bonds. The minimum absolute atomic E-state index is 0.240. The molecule has 7 heteroatoms. The number of aromatic nitrogens is 1. The second kappa shape index (κ2) is 5.27. The van der Waals surface area contributed by atoms with E-state index in [2.05, 4.69) is 0 Å². The van der Waals surface area contributed by atoms with E-state index >= 15 is 0 Å². The Bertz CT molecular complexity index is 969. The van der Waals surface area contributed by atoms with Gasteiger partial charge in [-0.2, -0.15) is 0 Å². The Hall–Kier alpha value is -2.96. The van der Waals surface area contributed by atoms with Gasteiger partial charge >= 0.3 is 6.97 Å². The van der Waals surface area contributed by atoms with Gasteiger partial charge in [-0.1, -0.05) is 12.1 Å². The summed E-state index contributed by atoms with van der Waals surface area (Å²) in [5, 5.41) is 0. The molecule has 2 aliphatic rings. The molecule has 0 N–H and O–H groups in total. The standard InChI is InChI=1S/C18H16BF2N3O/c1-22(2)15-7-5-14(6-8-15)18-16-4-3-9-23(16)19(20,21)24-11-13(12-25)10-17(18)24/h3-12H,1-2H3. The van der Waals surface area contributed by atoms with E-state index < -0.39 is 6.97 Å². The number of rotatable bonds is 3. The van der Waals surface area contributed by atoms with Gasteiger partial charge in [-0.3, -0.25) is 4.79 Å². The Morgan fingerprint density at radius 1 is 1.20 bits per heavy atom. The Balaban J connectivity index is 1.97. The lowest BCUT2D eigenvalue weighted by molar-refractivity contribution is -0.356. The van der Waals surface area contributed by atoms with Crippen molar-refractivity contribution in [3.05, 3.63) is 71.2 Å². The van der Waals surface area contributed by atoms with Crippen LogP contribution >= 0.6 is 0 Å². The Morgan fingerprint density at radius 3 is 2.56 bits per heavy atom. The Kier molecular flexibility index (Phi) is 3.28. The number of fused-ring (bicyclic) bond motifs is 2. The lowest BCUT2D eigenvalue weighted by Gasteiger charge is -2.30. The molecule has 126 valence electrons. The number of hydrogen-bond acceptors (Lipinski definition) is 2. The zero-order chi connectivity index (χ0) is 17.8. The zero-order valence-corrected chi connectivity index (χ0v) is 13.9. The normalized spacial score (nSPS) is 17.2. The second-order valence-electron chi connectivity index (χ2n) is 6.39. The van der Waals surface area contributed by atoms with Crippen LogP contribution in [0.5, 0.6) is 0 Å². The average molecular weight is 339 g/mol. The summed E-state index contributed by atoms with van der Waals surface area (Å²) in [6, 6.07) is 9.24. The van der Waals surface area contributed by atoms with Gasteiger partial charge in [0.05, 0.1) is 5.57 Å². The van der Waals surface area contributed by atoms with Crippen molar-refractivity contribution in [2.24, 2.45) is 0 Å². The predicted octanol–water partition coefficient (Wildman–Crippen LogP) is 3.02. The first-order valence-corrected chi connectivity index (χ1v) is 7.95. The Morgan fingerprint density at radius 2 is 1.92 bits per heavy atom. The van der Waals surface area contributed by atoms with Gasteiger partial charge in [-0.15, -0.1) is 0 Å². The van der Waals surface area contributed by atoms with Gasteiger partial charge in [-0.05, 0) is 30.0 Å². The summed E-state index contributed by atoms with van der Waals surface area (Å²) in [4.78, 5) is 13.1. The van der Waals surface area contributed by atoms with E-state index in [1.165, 1.54) is 18.5 Å². The van der Waals surface area contributed by atoms with Crippen LogP contribution in [0.4, 0.5) is 14.3 Å². The fraction of sp³-hybridized carbons (Fsp3) is 0.111. The molecule has 25 heavy (non-hydrogen) atoms. The van der Waals surface area contributed by atoms with E-state index in [-0.39, 0.29) is 5.56 Å². The van der Waals surface area contributed by atoms with Crippen LogP contribution in [0.15, 0.2) is 54.4 Å². The average Bonchev–Trinajstić information content (AvgIpc) is 3.23. The fourth-order valence-corrected chi connectivity index (χ4v) is 3.39. The third-order valence-electron chi connectivity index (χ3n) is 4.64. The largest absolute Gasteiger partial charge is 0.737 e. The molecule has 0 unspecified atom stereocenters. The van der Waals surface area contributed by atoms with Crippen molar-refractivity contribution in [2.75, 3.05) is 19.0 Å². The van der Waals surface area contributed by atoms with Crippen LogP contribution in [0.25, 0.3) is 5.57 Å². The number of carbonyl (C=O) groups is 1. The summed E-state index contributed by atoms with van der Waals surface area (Å²) < 4.78 is 31.7. The molecule has 0 spiro atoms. The van der Waals surface area contributed by atoms with Crippen molar-refractivity contribution >= 4 is 30.7 Å². The minimum atomic E-state index is -4.01. The van der Waals surface area contributed by atoms with E-state index in [0.717, 1.165) is 20.2 Å². The van der Waals surface area contributed by atoms with Gasteiger partial charge in [0.1, 0.15) is 6.21 Å². The predicted molar refractivity (Wildman–Crippen MR) is 95.4 cm³/mol. The first-order chi connectivity index (χ1) is 11.9. The first kappa shape index (κ1) is 15.6. The number of aldehydes is 1. The van der Waals surface area contributed by atoms with E-state index in [9.17, 15) is 13.4 Å². The topological polar surface area (TPSA) is 28.2 Å². The molecular formula is C18H16BF2N3O. The molecule has 0 saturated heterocycles.